The van der Waals surface area contributed by atoms with Gasteiger partial charge in [-0.3, -0.25) is 9.59 Å². The molecule has 43 heavy (non-hydrogen) atoms. The second kappa shape index (κ2) is 12.0. The Morgan fingerprint density at radius 3 is 2.33 bits per heavy atom. The lowest BCUT2D eigenvalue weighted by Crippen LogP contribution is -2.48. The Morgan fingerprint density at radius 2 is 1.65 bits per heavy atom. The van der Waals surface area contributed by atoms with E-state index < -0.39 is 49.8 Å². The van der Waals surface area contributed by atoms with Gasteiger partial charge in [0.25, 0.3) is 15.7 Å². The van der Waals surface area contributed by atoms with Gasteiger partial charge in [0.15, 0.2) is 11.6 Å². The van der Waals surface area contributed by atoms with E-state index in [9.17, 15) is 35.6 Å². The summed E-state index contributed by atoms with van der Waals surface area (Å²) in [5.41, 5.74) is -5.55. The maximum absolute atomic E-state index is 14.9. The molecule has 0 heterocycles. The Labute approximate surface area is 247 Å². The average molecular weight is 627 g/mol. The molecule has 3 saturated carbocycles. The van der Waals surface area contributed by atoms with Crippen LogP contribution in [0.3, 0.4) is 0 Å². The van der Waals surface area contributed by atoms with Gasteiger partial charge in [0.2, 0.25) is 5.91 Å². The van der Waals surface area contributed by atoms with Crippen molar-refractivity contribution in [1.82, 2.24) is 5.32 Å². The molecule has 2 amide bonds. The fraction of sp³-hybridized carbons (Fsp3) is 0.533. The molecule has 0 unspecified atom stereocenters. The van der Waals surface area contributed by atoms with Gasteiger partial charge in [0, 0.05) is 17.8 Å². The number of methoxy groups -OCH3 is 1. The zero-order valence-corrected chi connectivity index (χ0v) is 24.6. The Hall–Kier alpha value is -3.35. The van der Waals surface area contributed by atoms with Crippen molar-refractivity contribution in [2.24, 2.45) is 23.7 Å². The fourth-order valence-corrected chi connectivity index (χ4v) is 7.51. The second-order valence-electron chi connectivity index (χ2n) is 11.8. The van der Waals surface area contributed by atoms with Gasteiger partial charge in [-0.05, 0) is 87.0 Å². The van der Waals surface area contributed by atoms with Crippen molar-refractivity contribution in [3.63, 3.8) is 0 Å². The van der Waals surface area contributed by atoms with Crippen molar-refractivity contribution >= 4 is 27.3 Å². The number of amides is 2. The third-order valence-electron chi connectivity index (χ3n) is 8.99. The number of hydrogen-bond donors (Lipinski definition) is 2. The highest BCUT2D eigenvalue weighted by Crippen LogP contribution is 2.49. The first-order chi connectivity index (χ1) is 20.3. The van der Waals surface area contributed by atoms with Crippen LogP contribution in [-0.2, 0) is 14.6 Å². The lowest BCUT2D eigenvalue weighted by Gasteiger charge is -2.31. The second-order valence-corrected chi connectivity index (χ2v) is 13.7. The summed E-state index contributed by atoms with van der Waals surface area (Å²) in [5, 5.41) is 5.47. The number of nitrogens with one attached hydrogen (secondary N) is 2. The average Bonchev–Trinajstić information content (AvgIpc) is 3.56. The topological polar surface area (TPSA) is 111 Å². The molecule has 234 valence electrons. The summed E-state index contributed by atoms with van der Waals surface area (Å²) < 4.78 is 89.0. The molecule has 3 fully saturated rings. The molecule has 0 aromatic heterocycles. The molecule has 5 rings (SSSR count). The van der Waals surface area contributed by atoms with E-state index in [0.717, 1.165) is 62.8 Å². The maximum atomic E-state index is 14.9. The number of sulfone groups is 1. The number of carbonyl (C=O) groups excluding carboxylic acids is 2. The summed E-state index contributed by atoms with van der Waals surface area (Å²) in [7, 11) is -4.29. The van der Waals surface area contributed by atoms with Crippen molar-refractivity contribution in [3.8, 4) is 11.5 Å². The number of fused-ring (bicyclic) bond motifs is 2. The molecule has 8 nitrogen and oxygen atoms in total. The molecule has 0 saturated heterocycles. The van der Waals surface area contributed by atoms with E-state index in [1.165, 1.54) is 19.2 Å². The Kier molecular flexibility index (Phi) is 8.65. The zero-order chi connectivity index (χ0) is 31.1. The van der Waals surface area contributed by atoms with Gasteiger partial charge >= 0.3 is 5.51 Å². The van der Waals surface area contributed by atoms with Gasteiger partial charge in [0.05, 0.1) is 29.6 Å². The van der Waals surface area contributed by atoms with Crippen LogP contribution in [-0.4, -0.2) is 45.0 Å². The van der Waals surface area contributed by atoms with Gasteiger partial charge in [0.1, 0.15) is 5.75 Å². The number of benzene rings is 2. The third-order valence-corrected chi connectivity index (χ3v) is 10.5. The first kappa shape index (κ1) is 31.1. The highest BCUT2D eigenvalue weighted by atomic mass is 32.2. The highest BCUT2D eigenvalue weighted by molar-refractivity contribution is 7.92. The summed E-state index contributed by atoms with van der Waals surface area (Å²) in [6.07, 6.45) is 5.49. The maximum Gasteiger partial charge on any atom is 0.501 e. The van der Waals surface area contributed by atoms with Crippen LogP contribution >= 0.6 is 0 Å². The van der Waals surface area contributed by atoms with E-state index in [1.54, 1.807) is 0 Å². The fourth-order valence-electron chi connectivity index (χ4n) is 6.70. The minimum atomic E-state index is -5.60. The number of hydrogen-bond acceptors (Lipinski definition) is 6. The lowest BCUT2D eigenvalue weighted by molar-refractivity contribution is -0.122. The van der Waals surface area contributed by atoms with Gasteiger partial charge in [-0.1, -0.05) is 13.0 Å². The summed E-state index contributed by atoms with van der Waals surface area (Å²) in [4.78, 5) is 26.0. The molecule has 0 spiro atoms. The minimum Gasteiger partial charge on any atom is -0.496 e. The van der Waals surface area contributed by atoms with E-state index >= 15 is 0 Å². The summed E-state index contributed by atoms with van der Waals surface area (Å²) in [5.74, 6) is -2.06. The largest absolute Gasteiger partial charge is 0.501 e. The normalized spacial score (nSPS) is 27.0. The molecule has 13 heteroatoms. The number of anilines is 1. The van der Waals surface area contributed by atoms with Crippen LogP contribution in [0.25, 0.3) is 0 Å². The molecule has 4 atom stereocenters. The smallest absolute Gasteiger partial charge is 0.496 e. The van der Waals surface area contributed by atoms with Crippen LogP contribution < -0.4 is 20.1 Å². The van der Waals surface area contributed by atoms with E-state index in [-0.39, 0.29) is 40.7 Å². The van der Waals surface area contributed by atoms with Crippen molar-refractivity contribution in [1.29, 1.82) is 0 Å². The zero-order valence-electron chi connectivity index (χ0n) is 23.7. The molecule has 3 aliphatic carbocycles. The number of carbonyl (C=O) groups is 2. The van der Waals surface area contributed by atoms with Gasteiger partial charge in [-0.15, -0.1) is 0 Å². The molecular weight excluding hydrogens is 592 g/mol. The van der Waals surface area contributed by atoms with E-state index in [4.69, 9.17) is 9.47 Å². The van der Waals surface area contributed by atoms with E-state index in [2.05, 4.69) is 17.6 Å². The van der Waals surface area contributed by atoms with Crippen LogP contribution in [0.2, 0.25) is 0 Å². The van der Waals surface area contributed by atoms with Gasteiger partial charge in [-0.2, -0.15) is 13.2 Å². The molecular formula is C30H34F4N2O6S. The quantitative estimate of drug-likeness (QED) is 0.355. The predicted molar refractivity (Wildman–Crippen MR) is 149 cm³/mol. The van der Waals surface area contributed by atoms with Crippen LogP contribution in [0.15, 0.2) is 41.3 Å². The van der Waals surface area contributed by atoms with Crippen LogP contribution in [0, 0.1) is 29.5 Å². The Morgan fingerprint density at radius 1 is 0.953 bits per heavy atom. The molecule has 2 N–H and O–H groups in total. The van der Waals surface area contributed by atoms with Crippen molar-refractivity contribution in [2.75, 3.05) is 12.4 Å². The monoisotopic (exact) mass is 626 g/mol. The van der Waals surface area contributed by atoms with Crippen LogP contribution in [0.1, 0.15) is 62.2 Å². The SMILES string of the molecule is COc1cc(F)c(OC2CCC(C)CC2)cc1C(=O)N[C@@H]1[C@H]2CC[C@H](C2)[C@@H]1C(=O)Nc1cccc(S(=O)(=O)C(F)(F)F)c1. The van der Waals surface area contributed by atoms with Crippen molar-refractivity contribution in [2.45, 2.75) is 74.4 Å². The summed E-state index contributed by atoms with van der Waals surface area (Å²) in [6, 6.07) is 5.79. The summed E-state index contributed by atoms with van der Waals surface area (Å²) in [6.45, 7) is 2.16. The predicted octanol–water partition coefficient (Wildman–Crippen LogP) is 5.87. The van der Waals surface area contributed by atoms with Gasteiger partial charge < -0.3 is 20.1 Å². The number of ether oxygens (including phenoxy) is 2. The molecule has 2 aromatic rings. The highest BCUT2D eigenvalue weighted by Gasteiger charge is 2.52. The van der Waals surface area contributed by atoms with Crippen LogP contribution in [0.4, 0.5) is 23.2 Å². The molecule has 3 aliphatic rings. The molecule has 0 aliphatic heterocycles. The number of halogens is 4. The third kappa shape index (κ3) is 6.32. The Bertz CT molecular complexity index is 1490. The first-order valence-electron chi connectivity index (χ1n) is 14.4. The standard InChI is InChI=1S/C30H34F4N2O6S/c1-16-6-10-20(11-7-16)42-25-14-22(24(41-2)15-23(25)31)28(37)36-27-18-9-8-17(12-18)26(27)29(38)35-19-4-3-5-21(13-19)43(39,40)30(32,33)34/h3-5,13-18,20,26-27H,6-12H2,1-2H3,(H,35,38)(H,36,37)/t16?,17-,18+,20?,26+,27-/m1/s1. The van der Waals surface area contributed by atoms with Crippen molar-refractivity contribution < 1.29 is 45.0 Å². The molecule has 2 bridgehead atoms. The van der Waals surface area contributed by atoms with Crippen LogP contribution in [0.5, 0.6) is 11.5 Å². The minimum absolute atomic E-state index is 0.00598. The van der Waals surface area contributed by atoms with Gasteiger partial charge in [-0.25, -0.2) is 12.8 Å². The van der Waals surface area contributed by atoms with E-state index in [1.807, 2.05) is 0 Å². The molecule has 2 aromatic carbocycles. The van der Waals surface area contributed by atoms with Crippen molar-refractivity contribution in [3.05, 3.63) is 47.8 Å². The lowest BCUT2D eigenvalue weighted by atomic mass is 9.83. The number of alkyl halides is 3. The Balaban J connectivity index is 1.34. The first-order valence-corrected chi connectivity index (χ1v) is 15.8. The van der Waals surface area contributed by atoms with E-state index in [0.29, 0.717) is 12.3 Å². The number of rotatable bonds is 8. The summed E-state index contributed by atoms with van der Waals surface area (Å²) >= 11 is 0. The molecule has 0 radical (unpaired) electrons.